The molecule has 14 heavy (non-hydrogen) atoms. The van der Waals surface area contributed by atoms with E-state index < -0.39 is 0 Å². The van der Waals surface area contributed by atoms with Crippen LogP contribution < -0.4 is 5.32 Å². The molecule has 0 spiro atoms. The molecule has 2 N–H and O–H groups in total. The molecule has 2 atom stereocenters. The maximum Gasteiger partial charge on any atom is 0.0624 e. The van der Waals surface area contributed by atoms with Crippen LogP contribution in [0.4, 0.5) is 0 Å². The smallest absolute Gasteiger partial charge is 0.0624 e. The SMILES string of the molecule is CC(C)CNC1(CO)CCCSC1C. The van der Waals surface area contributed by atoms with Gasteiger partial charge in [-0.1, -0.05) is 20.8 Å². The summed E-state index contributed by atoms with van der Waals surface area (Å²) in [4.78, 5) is 0. The average Bonchev–Trinajstić information content (AvgIpc) is 2.17. The van der Waals surface area contributed by atoms with Crippen molar-refractivity contribution in [3.63, 3.8) is 0 Å². The molecule has 1 aliphatic heterocycles. The van der Waals surface area contributed by atoms with Gasteiger partial charge in [-0.05, 0) is 31.1 Å². The van der Waals surface area contributed by atoms with Crippen LogP contribution in [0.2, 0.25) is 0 Å². The molecular formula is C11H23NOS. The van der Waals surface area contributed by atoms with E-state index in [1.807, 2.05) is 11.8 Å². The van der Waals surface area contributed by atoms with E-state index in [4.69, 9.17) is 0 Å². The van der Waals surface area contributed by atoms with E-state index in [9.17, 15) is 5.11 Å². The van der Waals surface area contributed by atoms with Gasteiger partial charge in [-0.25, -0.2) is 0 Å². The van der Waals surface area contributed by atoms with Crippen molar-refractivity contribution in [2.45, 2.75) is 44.4 Å². The number of thioether (sulfide) groups is 1. The first kappa shape index (κ1) is 12.3. The summed E-state index contributed by atoms with van der Waals surface area (Å²) in [7, 11) is 0. The lowest BCUT2D eigenvalue weighted by Crippen LogP contribution is -2.57. The van der Waals surface area contributed by atoms with Crippen LogP contribution >= 0.6 is 11.8 Å². The van der Waals surface area contributed by atoms with Gasteiger partial charge in [-0.3, -0.25) is 0 Å². The van der Waals surface area contributed by atoms with Gasteiger partial charge in [0.15, 0.2) is 0 Å². The van der Waals surface area contributed by atoms with Crippen molar-refractivity contribution < 1.29 is 5.11 Å². The highest BCUT2D eigenvalue weighted by molar-refractivity contribution is 8.00. The Hall–Kier alpha value is 0.270. The number of aliphatic hydroxyl groups is 1. The van der Waals surface area contributed by atoms with Crippen LogP contribution in [0.3, 0.4) is 0 Å². The van der Waals surface area contributed by atoms with Crippen molar-refractivity contribution >= 4 is 11.8 Å². The molecule has 2 nitrogen and oxygen atoms in total. The largest absolute Gasteiger partial charge is 0.394 e. The zero-order valence-corrected chi connectivity index (χ0v) is 10.4. The summed E-state index contributed by atoms with van der Waals surface area (Å²) in [6.45, 7) is 7.92. The number of rotatable bonds is 4. The lowest BCUT2D eigenvalue weighted by Gasteiger charge is -2.42. The second-order valence-corrected chi connectivity index (χ2v) is 6.15. The molecule has 3 heteroatoms. The van der Waals surface area contributed by atoms with E-state index in [1.54, 1.807) is 0 Å². The van der Waals surface area contributed by atoms with Crippen molar-refractivity contribution in [2.75, 3.05) is 18.9 Å². The Balaban J connectivity index is 2.54. The normalized spacial score (nSPS) is 33.6. The fraction of sp³-hybridized carbons (Fsp3) is 1.00. The Morgan fingerprint density at radius 3 is 2.79 bits per heavy atom. The van der Waals surface area contributed by atoms with Crippen LogP contribution in [0.15, 0.2) is 0 Å². The van der Waals surface area contributed by atoms with E-state index in [-0.39, 0.29) is 12.1 Å². The number of hydrogen-bond acceptors (Lipinski definition) is 3. The molecule has 0 aromatic rings. The van der Waals surface area contributed by atoms with Crippen molar-refractivity contribution in [3.05, 3.63) is 0 Å². The molecule has 1 aliphatic rings. The van der Waals surface area contributed by atoms with Gasteiger partial charge in [0, 0.05) is 5.25 Å². The Bertz CT molecular complexity index is 175. The molecule has 2 unspecified atom stereocenters. The average molecular weight is 217 g/mol. The van der Waals surface area contributed by atoms with E-state index in [1.165, 1.54) is 12.2 Å². The fourth-order valence-corrected chi connectivity index (χ4v) is 3.17. The quantitative estimate of drug-likeness (QED) is 0.754. The van der Waals surface area contributed by atoms with Gasteiger partial charge in [0.05, 0.1) is 12.1 Å². The summed E-state index contributed by atoms with van der Waals surface area (Å²) >= 11 is 1.98. The third-order valence-corrected chi connectivity index (χ3v) is 4.53. The highest BCUT2D eigenvalue weighted by atomic mass is 32.2. The minimum atomic E-state index is -0.0206. The number of hydrogen-bond donors (Lipinski definition) is 2. The number of aliphatic hydroxyl groups excluding tert-OH is 1. The van der Waals surface area contributed by atoms with Crippen LogP contribution in [0.25, 0.3) is 0 Å². The lowest BCUT2D eigenvalue weighted by atomic mass is 9.90. The first-order chi connectivity index (χ1) is 6.60. The van der Waals surface area contributed by atoms with E-state index >= 15 is 0 Å². The predicted octanol–water partition coefficient (Wildman–Crippen LogP) is 1.88. The Morgan fingerprint density at radius 1 is 1.57 bits per heavy atom. The maximum absolute atomic E-state index is 9.55. The topological polar surface area (TPSA) is 32.3 Å². The van der Waals surface area contributed by atoms with Crippen LogP contribution in [0.1, 0.15) is 33.6 Å². The monoisotopic (exact) mass is 217 g/mol. The highest BCUT2D eigenvalue weighted by Gasteiger charge is 2.37. The summed E-state index contributed by atoms with van der Waals surface area (Å²) in [6, 6.07) is 0. The third-order valence-electron chi connectivity index (χ3n) is 3.06. The van der Waals surface area contributed by atoms with Gasteiger partial charge in [0.1, 0.15) is 0 Å². The maximum atomic E-state index is 9.55. The summed E-state index contributed by atoms with van der Waals surface area (Å²) < 4.78 is 0. The van der Waals surface area contributed by atoms with Gasteiger partial charge in [-0.2, -0.15) is 11.8 Å². The lowest BCUT2D eigenvalue weighted by molar-refractivity contribution is 0.143. The molecular weight excluding hydrogens is 194 g/mol. The van der Waals surface area contributed by atoms with E-state index in [0.717, 1.165) is 13.0 Å². The number of nitrogens with one attached hydrogen (secondary N) is 1. The minimum absolute atomic E-state index is 0.0206. The second kappa shape index (κ2) is 5.38. The minimum Gasteiger partial charge on any atom is -0.394 e. The van der Waals surface area contributed by atoms with Gasteiger partial charge < -0.3 is 10.4 Å². The zero-order chi connectivity index (χ0) is 10.6. The first-order valence-electron chi connectivity index (χ1n) is 5.58. The van der Waals surface area contributed by atoms with Gasteiger partial charge in [0.2, 0.25) is 0 Å². The molecule has 0 aliphatic carbocycles. The van der Waals surface area contributed by atoms with Crippen molar-refractivity contribution in [2.24, 2.45) is 5.92 Å². The van der Waals surface area contributed by atoms with Crippen molar-refractivity contribution in [1.29, 1.82) is 0 Å². The molecule has 1 saturated heterocycles. The van der Waals surface area contributed by atoms with Gasteiger partial charge in [0.25, 0.3) is 0 Å². The summed E-state index contributed by atoms with van der Waals surface area (Å²) in [5, 5.41) is 13.6. The molecule has 0 aromatic carbocycles. The first-order valence-corrected chi connectivity index (χ1v) is 6.63. The van der Waals surface area contributed by atoms with Crippen LogP contribution in [-0.2, 0) is 0 Å². The van der Waals surface area contributed by atoms with E-state index in [0.29, 0.717) is 11.2 Å². The van der Waals surface area contributed by atoms with Crippen molar-refractivity contribution in [1.82, 2.24) is 5.32 Å². The predicted molar refractivity (Wildman–Crippen MR) is 63.8 cm³/mol. The van der Waals surface area contributed by atoms with Crippen molar-refractivity contribution in [3.8, 4) is 0 Å². The van der Waals surface area contributed by atoms with Crippen LogP contribution in [0.5, 0.6) is 0 Å². The van der Waals surface area contributed by atoms with Crippen LogP contribution in [-0.4, -0.2) is 34.8 Å². The molecule has 1 rings (SSSR count). The Kier molecular flexibility index (Phi) is 4.74. The second-order valence-electron chi connectivity index (χ2n) is 4.71. The van der Waals surface area contributed by atoms with Gasteiger partial charge in [-0.15, -0.1) is 0 Å². The molecule has 1 fully saturated rings. The standard InChI is InChI=1S/C11H23NOS/c1-9(2)7-12-11(8-13)5-4-6-14-10(11)3/h9-10,12-13H,4-8H2,1-3H3. The molecule has 0 aromatic heterocycles. The summed E-state index contributed by atoms with van der Waals surface area (Å²) in [5.41, 5.74) is -0.0206. The fourth-order valence-electron chi connectivity index (χ4n) is 1.91. The molecule has 0 amide bonds. The zero-order valence-electron chi connectivity index (χ0n) is 9.55. The summed E-state index contributed by atoms with van der Waals surface area (Å²) in [6.07, 6.45) is 2.34. The van der Waals surface area contributed by atoms with E-state index in [2.05, 4.69) is 26.1 Å². The molecule has 0 saturated carbocycles. The van der Waals surface area contributed by atoms with Crippen LogP contribution in [0, 0.1) is 5.92 Å². The molecule has 0 bridgehead atoms. The van der Waals surface area contributed by atoms with Gasteiger partial charge >= 0.3 is 0 Å². The molecule has 0 radical (unpaired) electrons. The highest BCUT2D eigenvalue weighted by Crippen LogP contribution is 2.33. The third kappa shape index (κ3) is 2.88. The summed E-state index contributed by atoms with van der Waals surface area (Å²) in [5.74, 6) is 1.89. The Labute approximate surface area is 91.9 Å². The molecule has 1 heterocycles. The molecule has 84 valence electrons. The Morgan fingerprint density at radius 2 is 2.29 bits per heavy atom.